The number of hydrogen-bond donors (Lipinski definition) is 3. The summed E-state index contributed by atoms with van der Waals surface area (Å²) in [4.78, 5) is 24.4. The van der Waals surface area contributed by atoms with Gasteiger partial charge in [-0.3, -0.25) is 15.0 Å². The van der Waals surface area contributed by atoms with Crippen LogP contribution in [0.2, 0.25) is 0 Å². The fraction of sp³-hybridized carbons (Fsp3) is 0.833. The predicted molar refractivity (Wildman–Crippen MR) is 67.9 cm³/mol. The molecule has 18 heavy (non-hydrogen) atoms. The molecule has 2 aliphatic rings. The molecule has 0 bridgehead atoms. The third kappa shape index (κ3) is 4.27. The number of nitrogens with two attached hydrogens (primary N) is 1. The number of urea groups is 1. The molecule has 102 valence electrons. The topological polar surface area (TPSA) is 87.5 Å². The van der Waals surface area contributed by atoms with E-state index in [1.54, 1.807) is 0 Å². The second-order valence-corrected chi connectivity index (χ2v) is 5.27. The smallest absolute Gasteiger partial charge is 0.318 e. The summed E-state index contributed by atoms with van der Waals surface area (Å²) in [5.74, 6) is 0.372. The number of rotatable bonds is 5. The lowest BCUT2D eigenvalue weighted by Gasteiger charge is -2.29. The van der Waals surface area contributed by atoms with Crippen molar-refractivity contribution in [1.82, 2.24) is 15.5 Å². The molecule has 1 aliphatic carbocycles. The molecule has 4 N–H and O–H groups in total. The normalized spacial score (nSPS) is 20.9. The molecule has 1 saturated heterocycles. The largest absolute Gasteiger partial charge is 0.351 e. The molecule has 1 aliphatic heterocycles. The van der Waals surface area contributed by atoms with Crippen molar-refractivity contribution in [2.75, 3.05) is 26.2 Å². The quantitative estimate of drug-likeness (QED) is 0.625. The lowest BCUT2D eigenvalue weighted by molar-refractivity contribution is -0.121. The number of piperidine rings is 1. The molecule has 3 amide bonds. The summed E-state index contributed by atoms with van der Waals surface area (Å²) >= 11 is 0. The van der Waals surface area contributed by atoms with Crippen LogP contribution in [0.1, 0.15) is 25.7 Å². The second kappa shape index (κ2) is 6.15. The lowest BCUT2D eigenvalue weighted by atomic mass is 9.97. The number of carbonyl (C=O) groups excluding carboxylic acids is 2. The van der Waals surface area contributed by atoms with Gasteiger partial charge in [0, 0.05) is 12.6 Å². The molecule has 2 rings (SSSR count). The molecule has 0 unspecified atom stereocenters. The number of nitrogens with one attached hydrogen (secondary N) is 2. The number of amides is 3. The Bertz CT molecular complexity index is 311. The van der Waals surface area contributed by atoms with Gasteiger partial charge < -0.3 is 11.1 Å². The van der Waals surface area contributed by atoms with Crippen LogP contribution >= 0.6 is 0 Å². The molecule has 0 spiro atoms. The molecule has 0 aromatic heterocycles. The van der Waals surface area contributed by atoms with Crippen LogP contribution < -0.4 is 16.4 Å². The van der Waals surface area contributed by atoms with Crippen molar-refractivity contribution in [2.45, 2.75) is 31.7 Å². The molecule has 0 aromatic rings. The zero-order chi connectivity index (χ0) is 13.0. The molecule has 1 saturated carbocycles. The third-order valence-electron chi connectivity index (χ3n) is 3.62. The van der Waals surface area contributed by atoms with Crippen LogP contribution in [0.15, 0.2) is 0 Å². The second-order valence-electron chi connectivity index (χ2n) is 5.27. The van der Waals surface area contributed by atoms with Crippen molar-refractivity contribution in [1.29, 1.82) is 0 Å². The molecule has 6 heteroatoms. The lowest BCUT2D eigenvalue weighted by Crippen LogP contribution is -2.45. The highest BCUT2D eigenvalue weighted by Gasteiger charge is 2.32. The highest BCUT2D eigenvalue weighted by Crippen LogP contribution is 2.28. The fourth-order valence-electron chi connectivity index (χ4n) is 2.54. The van der Waals surface area contributed by atoms with Crippen molar-refractivity contribution < 1.29 is 9.59 Å². The summed E-state index contributed by atoms with van der Waals surface area (Å²) in [7, 11) is 0. The molecule has 2 fully saturated rings. The first-order chi connectivity index (χ1) is 8.65. The van der Waals surface area contributed by atoms with Crippen LogP contribution in [0.4, 0.5) is 4.79 Å². The van der Waals surface area contributed by atoms with Crippen molar-refractivity contribution in [3.05, 3.63) is 0 Å². The number of carbonyl (C=O) groups is 2. The molecule has 6 nitrogen and oxygen atoms in total. The molecule has 1 heterocycles. The summed E-state index contributed by atoms with van der Waals surface area (Å²) in [5, 5.41) is 5.48. The first kappa shape index (κ1) is 13.3. The summed E-state index contributed by atoms with van der Waals surface area (Å²) in [6.45, 7) is 3.38. The number of nitrogens with zero attached hydrogens (tertiary/aromatic N) is 1. The summed E-state index contributed by atoms with van der Waals surface area (Å²) in [5.41, 5.74) is 4.95. The molecule has 0 atom stereocenters. The van der Waals surface area contributed by atoms with Gasteiger partial charge in [-0.2, -0.15) is 0 Å². The molecule has 0 radical (unpaired) electrons. The van der Waals surface area contributed by atoms with Gasteiger partial charge in [-0.15, -0.1) is 0 Å². The van der Waals surface area contributed by atoms with E-state index in [1.165, 1.54) is 12.8 Å². The SMILES string of the molecule is NC(=O)NC(=O)CN(CC1CCNCC1)C1CC1. The highest BCUT2D eigenvalue weighted by atomic mass is 16.2. The van der Waals surface area contributed by atoms with Gasteiger partial charge in [0.15, 0.2) is 0 Å². The Hall–Kier alpha value is -1.14. The van der Waals surface area contributed by atoms with Crippen LogP contribution in [-0.2, 0) is 4.79 Å². The maximum absolute atomic E-state index is 11.6. The van der Waals surface area contributed by atoms with Crippen molar-refractivity contribution in [2.24, 2.45) is 11.7 Å². The van der Waals surface area contributed by atoms with Crippen LogP contribution in [0.3, 0.4) is 0 Å². The van der Waals surface area contributed by atoms with Gasteiger partial charge in [0.05, 0.1) is 6.54 Å². The van der Waals surface area contributed by atoms with Crippen LogP contribution in [0.5, 0.6) is 0 Å². The monoisotopic (exact) mass is 254 g/mol. The van der Waals surface area contributed by atoms with E-state index in [0.29, 0.717) is 12.0 Å². The van der Waals surface area contributed by atoms with E-state index < -0.39 is 6.03 Å². The Kier molecular flexibility index (Phi) is 4.54. The summed E-state index contributed by atoms with van der Waals surface area (Å²) < 4.78 is 0. The van der Waals surface area contributed by atoms with Gasteiger partial charge in [0.1, 0.15) is 0 Å². The maximum atomic E-state index is 11.6. The van der Waals surface area contributed by atoms with E-state index >= 15 is 0 Å². The van der Waals surface area contributed by atoms with Crippen molar-refractivity contribution >= 4 is 11.9 Å². The first-order valence-electron chi connectivity index (χ1n) is 6.69. The minimum Gasteiger partial charge on any atom is -0.351 e. The average molecular weight is 254 g/mol. The van der Waals surface area contributed by atoms with E-state index in [1.807, 2.05) is 0 Å². The molecular formula is C12H22N4O2. The maximum Gasteiger partial charge on any atom is 0.318 e. The predicted octanol–water partition coefficient (Wildman–Crippen LogP) is -0.355. The third-order valence-corrected chi connectivity index (χ3v) is 3.62. The zero-order valence-electron chi connectivity index (χ0n) is 10.7. The van der Waals surface area contributed by atoms with Crippen LogP contribution in [0.25, 0.3) is 0 Å². The minimum absolute atomic E-state index is 0.289. The number of primary amides is 1. The van der Waals surface area contributed by atoms with Gasteiger partial charge in [-0.05, 0) is 44.7 Å². The van der Waals surface area contributed by atoms with E-state index in [4.69, 9.17) is 5.73 Å². The first-order valence-corrected chi connectivity index (χ1v) is 6.69. The van der Waals surface area contributed by atoms with Crippen molar-refractivity contribution in [3.8, 4) is 0 Å². The number of imide groups is 1. The van der Waals surface area contributed by atoms with Crippen LogP contribution in [0, 0.1) is 5.92 Å². The zero-order valence-corrected chi connectivity index (χ0v) is 10.7. The van der Waals surface area contributed by atoms with E-state index in [0.717, 1.165) is 32.5 Å². The minimum atomic E-state index is -0.766. The Morgan fingerprint density at radius 1 is 1.22 bits per heavy atom. The Morgan fingerprint density at radius 3 is 2.44 bits per heavy atom. The Balaban J connectivity index is 1.79. The van der Waals surface area contributed by atoms with Gasteiger partial charge in [0.25, 0.3) is 0 Å². The van der Waals surface area contributed by atoms with Crippen molar-refractivity contribution in [3.63, 3.8) is 0 Å². The van der Waals surface area contributed by atoms with E-state index in [-0.39, 0.29) is 12.5 Å². The average Bonchev–Trinajstić information content (AvgIpc) is 3.12. The highest BCUT2D eigenvalue weighted by molar-refractivity contribution is 5.94. The van der Waals surface area contributed by atoms with E-state index in [2.05, 4.69) is 15.5 Å². The number of hydrogen-bond acceptors (Lipinski definition) is 4. The van der Waals surface area contributed by atoms with Crippen LogP contribution in [-0.4, -0.2) is 49.1 Å². The standard InChI is InChI=1S/C12H22N4O2/c13-12(18)15-11(17)8-16(10-1-2-10)7-9-3-5-14-6-4-9/h9-10,14H,1-8H2,(H3,13,15,17,18). The summed E-state index contributed by atoms with van der Waals surface area (Å²) in [6.07, 6.45) is 4.66. The van der Waals surface area contributed by atoms with E-state index in [9.17, 15) is 9.59 Å². The molecular weight excluding hydrogens is 232 g/mol. The Morgan fingerprint density at radius 2 is 1.89 bits per heavy atom. The van der Waals surface area contributed by atoms with Gasteiger partial charge in [-0.25, -0.2) is 4.79 Å². The van der Waals surface area contributed by atoms with Gasteiger partial charge in [-0.1, -0.05) is 0 Å². The Labute approximate surface area is 107 Å². The summed E-state index contributed by atoms with van der Waals surface area (Å²) in [6, 6.07) is -0.240. The molecule has 0 aromatic carbocycles. The van der Waals surface area contributed by atoms with Gasteiger partial charge >= 0.3 is 6.03 Å². The fourth-order valence-corrected chi connectivity index (χ4v) is 2.54. The van der Waals surface area contributed by atoms with Gasteiger partial charge in [0.2, 0.25) is 5.91 Å².